The van der Waals surface area contributed by atoms with E-state index >= 15 is 0 Å². The van der Waals surface area contributed by atoms with E-state index in [1.165, 1.54) is 51.1 Å². The molecule has 0 aliphatic heterocycles. The minimum Gasteiger partial charge on any atom is -0.0823 e. The van der Waals surface area contributed by atoms with Crippen LogP contribution in [0, 0.1) is 0 Å². The Kier molecular flexibility index (Phi) is 11.2. The Labute approximate surface area is 86.8 Å². The Morgan fingerprint density at radius 2 is 1.71 bits per heavy atom. The van der Waals surface area contributed by atoms with E-state index in [0.717, 1.165) is 6.42 Å². The van der Waals surface area contributed by atoms with Crippen molar-refractivity contribution < 1.29 is 0 Å². The molecule has 0 unspecified atom stereocenters. The van der Waals surface area contributed by atoms with Crippen molar-refractivity contribution in [3.05, 3.63) is 22.7 Å². The average Bonchev–Trinajstić information content (AvgIpc) is 2.21. The summed E-state index contributed by atoms with van der Waals surface area (Å²) in [5, 5.41) is 3.33. The van der Waals surface area contributed by atoms with Gasteiger partial charge >= 0.3 is 0 Å². The molecule has 3 heteroatoms. The lowest BCUT2D eigenvalue weighted by molar-refractivity contribution is 0.592. The largest absolute Gasteiger partial charge is 0.0823 e. The molecule has 0 N–H and O–H groups in total. The van der Waals surface area contributed by atoms with E-state index in [2.05, 4.69) is 16.9 Å². The fraction of sp³-hybridized carbons (Fsp3) is 0.818. The molecule has 0 aromatic rings. The second kappa shape index (κ2) is 12.0. The summed E-state index contributed by atoms with van der Waals surface area (Å²) in [6, 6.07) is 0. The van der Waals surface area contributed by atoms with Crippen LogP contribution >= 0.6 is 0 Å². The van der Waals surface area contributed by atoms with Gasteiger partial charge in [-0.05, 0) is 24.6 Å². The first-order valence-corrected chi connectivity index (χ1v) is 5.61. The molecule has 0 radical (unpaired) electrons. The molecule has 0 atom stereocenters. The van der Waals surface area contributed by atoms with Gasteiger partial charge in [0, 0.05) is 4.91 Å². The van der Waals surface area contributed by atoms with Crippen LogP contribution < -0.4 is 0 Å². The second-order valence-electron chi connectivity index (χ2n) is 3.50. The molecule has 0 rings (SSSR count). The molecular formula is C11H21N3. The van der Waals surface area contributed by atoms with E-state index in [4.69, 9.17) is 5.53 Å². The van der Waals surface area contributed by atoms with Crippen molar-refractivity contribution in [2.24, 2.45) is 5.11 Å². The molecule has 0 bridgehead atoms. The molecule has 14 heavy (non-hydrogen) atoms. The predicted octanol–water partition coefficient (Wildman–Crippen LogP) is 4.95. The fourth-order valence-electron chi connectivity index (χ4n) is 1.37. The van der Waals surface area contributed by atoms with Gasteiger partial charge in [-0.1, -0.05) is 56.6 Å². The van der Waals surface area contributed by atoms with E-state index < -0.39 is 0 Å². The molecule has 0 heterocycles. The monoisotopic (exact) mass is 195 g/mol. The first kappa shape index (κ1) is 13.1. The summed E-state index contributed by atoms with van der Waals surface area (Å²) in [5.74, 6) is 0. The molecule has 0 saturated heterocycles. The third-order valence-corrected chi connectivity index (χ3v) is 2.20. The zero-order chi connectivity index (χ0) is 10.5. The third kappa shape index (κ3) is 11.1. The third-order valence-electron chi connectivity index (χ3n) is 2.20. The van der Waals surface area contributed by atoms with Crippen molar-refractivity contribution in [3.63, 3.8) is 0 Å². The van der Waals surface area contributed by atoms with Crippen LogP contribution in [0.4, 0.5) is 0 Å². The molecule has 0 spiro atoms. The van der Waals surface area contributed by atoms with Crippen molar-refractivity contribution in [2.45, 2.75) is 58.3 Å². The molecule has 0 aromatic carbocycles. The number of hydrogen-bond donors (Lipinski definition) is 0. The first-order chi connectivity index (χ1) is 6.91. The van der Waals surface area contributed by atoms with Gasteiger partial charge in [0.2, 0.25) is 0 Å². The van der Waals surface area contributed by atoms with Crippen LogP contribution in [0.5, 0.6) is 0 Å². The zero-order valence-corrected chi connectivity index (χ0v) is 9.15. The van der Waals surface area contributed by atoms with Crippen LogP contribution in [0.3, 0.4) is 0 Å². The SMILES string of the molecule is CCCCCCCCCC=CN=[N+]=[N-]. The van der Waals surface area contributed by atoms with Crippen LogP contribution in [0.1, 0.15) is 58.3 Å². The van der Waals surface area contributed by atoms with Gasteiger partial charge in [0.05, 0.1) is 0 Å². The van der Waals surface area contributed by atoms with Gasteiger partial charge in [0.15, 0.2) is 0 Å². The predicted molar refractivity (Wildman–Crippen MR) is 60.9 cm³/mol. The highest BCUT2D eigenvalue weighted by molar-refractivity contribution is 4.79. The van der Waals surface area contributed by atoms with E-state index in [0.29, 0.717) is 0 Å². The van der Waals surface area contributed by atoms with Crippen molar-refractivity contribution in [1.82, 2.24) is 0 Å². The molecule has 0 aliphatic carbocycles. The van der Waals surface area contributed by atoms with Crippen molar-refractivity contribution in [2.75, 3.05) is 0 Å². The number of rotatable bonds is 9. The van der Waals surface area contributed by atoms with Gasteiger partial charge in [-0.2, -0.15) is 0 Å². The number of unbranched alkanes of at least 4 members (excludes halogenated alkanes) is 7. The highest BCUT2D eigenvalue weighted by Crippen LogP contribution is 2.08. The fourth-order valence-corrected chi connectivity index (χ4v) is 1.37. The summed E-state index contributed by atoms with van der Waals surface area (Å²) < 4.78 is 0. The Balaban J connectivity index is 3.02. The van der Waals surface area contributed by atoms with E-state index in [-0.39, 0.29) is 0 Å². The Morgan fingerprint density at radius 3 is 2.36 bits per heavy atom. The number of hydrogen-bond acceptors (Lipinski definition) is 1. The topological polar surface area (TPSA) is 48.8 Å². The van der Waals surface area contributed by atoms with Crippen molar-refractivity contribution >= 4 is 0 Å². The summed E-state index contributed by atoms with van der Waals surface area (Å²) in [6.07, 6.45) is 13.8. The summed E-state index contributed by atoms with van der Waals surface area (Å²) in [6.45, 7) is 2.24. The van der Waals surface area contributed by atoms with E-state index in [1.807, 2.05) is 6.08 Å². The first-order valence-electron chi connectivity index (χ1n) is 5.61. The Hall–Kier alpha value is -0.950. The van der Waals surface area contributed by atoms with Crippen molar-refractivity contribution in [3.8, 4) is 0 Å². The summed E-state index contributed by atoms with van der Waals surface area (Å²) in [4.78, 5) is 2.64. The summed E-state index contributed by atoms with van der Waals surface area (Å²) in [7, 11) is 0. The molecule has 0 aromatic heterocycles. The average molecular weight is 195 g/mol. The van der Waals surface area contributed by atoms with Crippen LogP contribution in [-0.2, 0) is 0 Å². The lowest BCUT2D eigenvalue weighted by Crippen LogP contribution is -1.78. The molecule has 0 aliphatic rings. The molecule has 0 amide bonds. The maximum Gasteiger partial charge on any atom is 0.00474 e. The minimum absolute atomic E-state index is 1.03. The number of nitrogens with zero attached hydrogens (tertiary/aromatic N) is 3. The summed E-state index contributed by atoms with van der Waals surface area (Å²) >= 11 is 0. The van der Waals surface area contributed by atoms with Gasteiger partial charge < -0.3 is 0 Å². The normalized spacial score (nSPS) is 10.4. The lowest BCUT2D eigenvalue weighted by Gasteiger charge is -1.98. The second-order valence-corrected chi connectivity index (χ2v) is 3.50. The maximum absolute atomic E-state index is 8.00. The highest BCUT2D eigenvalue weighted by atomic mass is 15.1. The van der Waals surface area contributed by atoms with Gasteiger partial charge in [-0.3, -0.25) is 0 Å². The van der Waals surface area contributed by atoms with Gasteiger partial charge in [0.1, 0.15) is 0 Å². The molecule has 0 saturated carbocycles. The van der Waals surface area contributed by atoms with Crippen molar-refractivity contribution in [1.29, 1.82) is 0 Å². The molecule has 3 nitrogen and oxygen atoms in total. The van der Waals surface area contributed by atoms with Crippen LogP contribution in [0.25, 0.3) is 10.4 Å². The van der Waals surface area contributed by atoms with E-state index in [9.17, 15) is 0 Å². The van der Waals surface area contributed by atoms with E-state index in [1.54, 1.807) is 0 Å². The maximum atomic E-state index is 8.00. The zero-order valence-electron chi connectivity index (χ0n) is 9.15. The smallest absolute Gasteiger partial charge is 0.00474 e. The van der Waals surface area contributed by atoms with Gasteiger partial charge in [0.25, 0.3) is 0 Å². The van der Waals surface area contributed by atoms with Crippen LogP contribution in [0.15, 0.2) is 17.4 Å². The highest BCUT2D eigenvalue weighted by Gasteiger charge is 1.88. The lowest BCUT2D eigenvalue weighted by atomic mass is 10.1. The molecule has 80 valence electrons. The Morgan fingerprint density at radius 1 is 1.07 bits per heavy atom. The standard InChI is InChI=1S/C11H21N3/c1-2-3-4-5-6-7-8-9-10-11-13-14-12/h10-11H,2-9H2,1H3. The quantitative estimate of drug-likeness (QED) is 0.216. The number of allylic oxidation sites excluding steroid dienone is 1. The minimum atomic E-state index is 1.03. The summed E-state index contributed by atoms with van der Waals surface area (Å²) in [5.41, 5.74) is 8.00. The molecular weight excluding hydrogens is 174 g/mol. The van der Waals surface area contributed by atoms with Gasteiger partial charge in [-0.15, -0.1) is 0 Å². The Bertz CT molecular complexity index is 181. The number of azide groups is 1. The molecule has 0 fully saturated rings. The van der Waals surface area contributed by atoms with Crippen LogP contribution in [-0.4, -0.2) is 0 Å². The van der Waals surface area contributed by atoms with Gasteiger partial charge in [-0.25, -0.2) is 0 Å². The van der Waals surface area contributed by atoms with Crippen LogP contribution in [0.2, 0.25) is 0 Å².